The Labute approximate surface area is 84.1 Å². The highest BCUT2D eigenvalue weighted by molar-refractivity contribution is 5.54. The fourth-order valence-electron chi connectivity index (χ4n) is 1.45. The van der Waals surface area contributed by atoms with E-state index in [0.29, 0.717) is 0 Å². The standard InChI is InChI=1S/C12H13NO/c1-14-12-7-5-6-11(10-12)13-8-3-2-4-9-13/h2-8,10H,9H2,1H3. The maximum absolute atomic E-state index is 5.18. The number of anilines is 1. The van der Waals surface area contributed by atoms with Crippen molar-refractivity contribution in [1.82, 2.24) is 0 Å². The number of benzene rings is 1. The SMILES string of the molecule is COc1cccc(N2C=CC=CC2)c1. The second kappa shape index (κ2) is 4.01. The summed E-state index contributed by atoms with van der Waals surface area (Å²) >= 11 is 0. The van der Waals surface area contributed by atoms with Crippen LogP contribution in [0.5, 0.6) is 5.75 Å². The molecule has 1 aromatic carbocycles. The molecule has 72 valence electrons. The van der Waals surface area contributed by atoms with Crippen molar-refractivity contribution in [1.29, 1.82) is 0 Å². The first-order chi connectivity index (χ1) is 6.90. The van der Waals surface area contributed by atoms with E-state index in [1.54, 1.807) is 7.11 Å². The molecule has 0 spiro atoms. The van der Waals surface area contributed by atoms with Crippen molar-refractivity contribution in [3.63, 3.8) is 0 Å². The molecule has 1 aromatic rings. The Hall–Kier alpha value is -1.70. The van der Waals surface area contributed by atoms with E-state index in [-0.39, 0.29) is 0 Å². The van der Waals surface area contributed by atoms with Crippen molar-refractivity contribution in [3.8, 4) is 5.75 Å². The van der Waals surface area contributed by atoms with Crippen molar-refractivity contribution in [3.05, 3.63) is 48.7 Å². The van der Waals surface area contributed by atoms with Gasteiger partial charge in [0.15, 0.2) is 0 Å². The summed E-state index contributed by atoms with van der Waals surface area (Å²) in [6.45, 7) is 0.920. The van der Waals surface area contributed by atoms with Crippen LogP contribution in [-0.2, 0) is 0 Å². The Balaban J connectivity index is 2.23. The Morgan fingerprint density at radius 1 is 1.29 bits per heavy atom. The predicted molar refractivity (Wildman–Crippen MR) is 58.6 cm³/mol. The molecule has 0 unspecified atom stereocenters. The number of methoxy groups -OCH3 is 1. The molecule has 1 aliphatic rings. The second-order valence-corrected chi connectivity index (χ2v) is 3.12. The number of ether oxygens (including phenoxy) is 1. The molecule has 0 amide bonds. The molecular weight excluding hydrogens is 174 g/mol. The summed E-state index contributed by atoms with van der Waals surface area (Å²) < 4.78 is 5.18. The van der Waals surface area contributed by atoms with Gasteiger partial charge in [-0.25, -0.2) is 0 Å². The first kappa shape index (κ1) is 8.88. The van der Waals surface area contributed by atoms with Gasteiger partial charge in [0.05, 0.1) is 7.11 Å². The molecule has 1 aliphatic heterocycles. The quantitative estimate of drug-likeness (QED) is 0.705. The van der Waals surface area contributed by atoms with Gasteiger partial charge in [0, 0.05) is 24.5 Å². The van der Waals surface area contributed by atoms with E-state index in [1.165, 1.54) is 0 Å². The fraction of sp³-hybridized carbons (Fsp3) is 0.167. The van der Waals surface area contributed by atoms with E-state index in [9.17, 15) is 0 Å². The van der Waals surface area contributed by atoms with Gasteiger partial charge in [-0.1, -0.05) is 18.2 Å². The molecule has 1 heterocycles. The van der Waals surface area contributed by atoms with Crippen LogP contribution in [0.3, 0.4) is 0 Å². The summed E-state index contributed by atoms with van der Waals surface area (Å²) in [6, 6.07) is 8.06. The second-order valence-electron chi connectivity index (χ2n) is 3.12. The minimum Gasteiger partial charge on any atom is -0.497 e. The third kappa shape index (κ3) is 1.79. The van der Waals surface area contributed by atoms with E-state index >= 15 is 0 Å². The van der Waals surface area contributed by atoms with Crippen molar-refractivity contribution >= 4 is 5.69 Å². The molecule has 0 saturated carbocycles. The minimum absolute atomic E-state index is 0.894. The van der Waals surface area contributed by atoms with Crippen molar-refractivity contribution in [2.24, 2.45) is 0 Å². The molecular formula is C12H13NO. The lowest BCUT2D eigenvalue weighted by Crippen LogP contribution is -2.17. The average molecular weight is 187 g/mol. The number of hydrogen-bond acceptors (Lipinski definition) is 2. The van der Waals surface area contributed by atoms with Crippen molar-refractivity contribution in [2.75, 3.05) is 18.6 Å². The molecule has 2 nitrogen and oxygen atoms in total. The van der Waals surface area contributed by atoms with Crippen LogP contribution in [-0.4, -0.2) is 13.7 Å². The fourth-order valence-corrected chi connectivity index (χ4v) is 1.45. The van der Waals surface area contributed by atoms with E-state index in [4.69, 9.17) is 4.74 Å². The Kier molecular flexibility index (Phi) is 2.54. The van der Waals surface area contributed by atoms with E-state index in [0.717, 1.165) is 18.0 Å². The molecule has 14 heavy (non-hydrogen) atoms. The number of hydrogen-bond donors (Lipinski definition) is 0. The maximum atomic E-state index is 5.18. The van der Waals surface area contributed by atoms with Crippen LogP contribution in [0.25, 0.3) is 0 Å². The van der Waals surface area contributed by atoms with Gasteiger partial charge in [-0.05, 0) is 18.2 Å². The summed E-state index contributed by atoms with van der Waals surface area (Å²) in [7, 11) is 1.69. The summed E-state index contributed by atoms with van der Waals surface area (Å²) in [5.41, 5.74) is 1.16. The molecule has 0 atom stereocenters. The molecule has 2 heteroatoms. The Bertz CT molecular complexity index is 368. The Morgan fingerprint density at radius 2 is 2.21 bits per heavy atom. The van der Waals surface area contributed by atoms with Gasteiger partial charge in [0.2, 0.25) is 0 Å². The number of allylic oxidation sites excluding steroid dienone is 2. The van der Waals surface area contributed by atoms with Crippen LogP contribution in [0.1, 0.15) is 0 Å². The zero-order valence-electron chi connectivity index (χ0n) is 8.18. The first-order valence-corrected chi connectivity index (χ1v) is 4.64. The van der Waals surface area contributed by atoms with E-state index in [1.807, 2.05) is 24.3 Å². The zero-order chi connectivity index (χ0) is 9.80. The Morgan fingerprint density at radius 3 is 2.93 bits per heavy atom. The van der Waals surface area contributed by atoms with Gasteiger partial charge < -0.3 is 9.64 Å². The molecule has 0 aromatic heterocycles. The van der Waals surface area contributed by atoms with Crippen LogP contribution in [0.4, 0.5) is 5.69 Å². The van der Waals surface area contributed by atoms with E-state index in [2.05, 4.69) is 29.3 Å². The van der Waals surface area contributed by atoms with Gasteiger partial charge >= 0.3 is 0 Å². The van der Waals surface area contributed by atoms with Crippen molar-refractivity contribution < 1.29 is 4.74 Å². The lowest BCUT2D eigenvalue weighted by molar-refractivity contribution is 0.415. The van der Waals surface area contributed by atoms with Crippen LogP contribution in [0.2, 0.25) is 0 Å². The van der Waals surface area contributed by atoms with E-state index < -0.39 is 0 Å². The third-order valence-electron chi connectivity index (χ3n) is 2.20. The van der Waals surface area contributed by atoms with Crippen molar-refractivity contribution in [2.45, 2.75) is 0 Å². The van der Waals surface area contributed by atoms with Gasteiger partial charge in [-0.2, -0.15) is 0 Å². The van der Waals surface area contributed by atoms with Crippen LogP contribution < -0.4 is 9.64 Å². The smallest absolute Gasteiger partial charge is 0.120 e. The molecule has 2 rings (SSSR count). The summed E-state index contributed by atoms with van der Waals surface area (Å²) in [5.74, 6) is 0.894. The van der Waals surface area contributed by atoms with Gasteiger partial charge in [0.25, 0.3) is 0 Å². The molecule has 0 aliphatic carbocycles. The first-order valence-electron chi connectivity index (χ1n) is 4.64. The van der Waals surface area contributed by atoms with Gasteiger partial charge in [0.1, 0.15) is 5.75 Å². The highest BCUT2D eigenvalue weighted by atomic mass is 16.5. The van der Waals surface area contributed by atoms with Crippen LogP contribution in [0.15, 0.2) is 48.7 Å². The monoisotopic (exact) mass is 187 g/mol. The number of nitrogens with zero attached hydrogens (tertiary/aromatic N) is 1. The van der Waals surface area contributed by atoms with Crippen LogP contribution >= 0.6 is 0 Å². The normalized spacial score (nSPS) is 14.5. The minimum atomic E-state index is 0.894. The average Bonchev–Trinajstić information content (AvgIpc) is 2.30. The summed E-state index contributed by atoms with van der Waals surface area (Å²) in [5, 5.41) is 0. The summed E-state index contributed by atoms with van der Waals surface area (Å²) in [6.07, 6.45) is 8.27. The third-order valence-corrected chi connectivity index (χ3v) is 2.20. The maximum Gasteiger partial charge on any atom is 0.120 e. The summed E-state index contributed by atoms with van der Waals surface area (Å²) in [4.78, 5) is 2.17. The lowest BCUT2D eigenvalue weighted by Gasteiger charge is -2.20. The topological polar surface area (TPSA) is 12.5 Å². The highest BCUT2D eigenvalue weighted by Gasteiger charge is 2.03. The van der Waals surface area contributed by atoms with Gasteiger partial charge in [-0.3, -0.25) is 0 Å². The zero-order valence-corrected chi connectivity index (χ0v) is 8.18. The molecule has 0 radical (unpaired) electrons. The molecule has 0 N–H and O–H groups in total. The van der Waals surface area contributed by atoms with Crippen LogP contribution in [0, 0.1) is 0 Å². The molecule has 0 saturated heterocycles. The predicted octanol–water partition coefficient (Wildman–Crippen LogP) is 2.59. The largest absolute Gasteiger partial charge is 0.497 e. The number of rotatable bonds is 2. The highest BCUT2D eigenvalue weighted by Crippen LogP contribution is 2.21. The molecule has 0 bridgehead atoms. The molecule has 0 fully saturated rings. The lowest BCUT2D eigenvalue weighted by atomic mass is 10.2. The van der Waals surface area contributed by atoms with Gasteiger partial charge in [-0.15, -0.1) is 0 Å².